The molecule has 7 heteroatoms. The Balaban J connectivity index is 1.63. The summed E-state index contributed by atoms with van der Waals surface area (Å²) in [5.41, 5.74) is 5.02. The van der Waals surface area contributed by atoms with Crippen LogP contribution in [0.1, 0.15) is 34.9 Å². The molecule has 2 aromatic heterocycles. The van der Waals surface area contributed by atoms with Gasteiger partial charge in [0.15, 0.2) is 0 Å². The summed E-state index contributed by atoms with van der Waals surface area (Å²) in [7, 11) is 3.54. The lowest BCUT2D eigenvalue weighted by Gasteiger charge is -2.35. The number of fused-ring (bicyclic) bond motifs is 1. The van der Waals surface area contributed by atoms with Crippen LogP contribution in [0.2, 0.25) is 5.02 Å². The second-order valence-corrected chi connectivity index (χ2v) is 9.18. The quantitative estimate of drug-likeness (QED) is 0.284. The van der Waals surface area contributed by atoms with E-state index in [4.69, 9.17) is 21.1 Å². The van der Waals surface area contributed by atoms with Gasteiger partial charge >= 0.3 is 0 Å². The van der Waals surface area contributed by atoms with E-state index in [-0.39, 0.29) is 0 Å². The third kappa shape index (κ3) is 3.98. The molecule has 0 aliphatic rings. The summed E-state index contributed by atoms with van der Waals surface area (Å²) >= 11 is 6.94. The summed E-state index contributed by atoms with van der Waals surface area (Å²) in [6.45, 7) is 2.51. The molecular weight excluding hydrogens is 472 g/mol. The summed E-state index contributed by atoms with van der Waals surface area (Å²) in [5, 5.41) is 13.7. The van der Waals surface area contributed by atoms with Crippen molar-refractivity contribution in [3.8, 4) is 17.7 Å². The molecule has 2 heterocycles. The summed E-state index contributed by atoms with van der Waals surface area (Å²) < 4.78 is 13.6. The van der Waals surface area contributed by atoms with Crippen molar-refractivity contribution in [1.82, 2.24) is 14.8 Å². The predicted molar refractivity (Wildman–Crippen MR) is 141 cm³/mol. The maximum Gasteiger partial charge on any atom is 0.258 e. The Bertz CT molecular complexity index is 1570. The van der Waals surface area contributed by atoms with Gasteiger partial charge in [0.1, 0.15) is 6.61 Å². The number of aromatic amines is 1. The smallest absolute Gasteiger partial charge is 0.258 e. The van der Waals surface area contributed by atoms with Crippen LogP contribution in [-0.4, -0.2) is 21.9 Å². The first-order valence-electron chi connectivity index (χ1n) is 11.5. The Morgan fingerprint density at radius 1 is 1.06 bits per heavy atom. The Morgan fingerprint density at radius 2 is 1.78 bits per heavy atom. The number of aryl methyl sites for hydroxylation is 1. The van der Waals surface area contributed by atoms with E-state index in [2.05, 4.69) is 35.2 Å². The average Bonchev–Trinajstić information content (AvgIpc) is 2.91. The number of nitrogens with one attached hydrogen (secondary N) is 1. The number of aromatic nitrogens is 3. The number of rotatable bonds is 7. The average molecular weight is 497 g/mol. The number of benzene rings is 3. The third-order valence-electron chi connectivity index (χ3n) is 6.71. The first kappa shape index (κ1) is 23.5. The molecule has 0 aliphatic heterocycles. The lowest BCUT2D eigenvalue weighted by atomic mass is 9.73. The summed E-state index contributed by atoms with van der Waals surface area (Å²) in [6.07, 6.45) is 1.99. The van der Waals surface area contributed by atoms with Crippen LogP contribution >= 0.6 is 11.6 Å². The highest BCUT2D eigenvalue weighted by molar-refractivity contribution is 6.37. The van der Waals surface area contributed by atoms with E-state index >= 15 is 0 Å². The maximum absolute atomic E-state index is 9.27. The van der Waals surface area contributed by atoms with Crippen molar-refractivity contribution in [3.63, 3.8) is 0 Å². The number of nitrogens with zero attached hydrogens (tertiary/aromatic N) is 3. The van der Waals surface area contributed by atoms with Crippen LogP contribution in [0.4, 0.5) is 0 Å². The van der Waals surface area contributed by atoms with Crippen LogP contribution in [0.15, 0.2) is 79.0 Å². The number of methoxy groups -OCH3 is 1. The number of pyridine rings is 1. The minimum atomic E-state index is -0.503. The molecule has 6 nitrogen and oxygen atoms in total. The molecule has 5 aromatic rings. The van der Waals surface area contributed by atoms with Gasteiger partial charge in [-0.2, -0.15) is 5.26 Å². The zero-order chi connectivity index (χ0) is 25.3. The van der Waals surface area contributed by atoms with Gasteiger partial charge in [0.2, 0.25) is 5.75 Å². The molecule has 0 amide bonds. The molecule has 5 rings (SSSR count). The topological polar surface area (TPSA) is 75.9 Å². The zero-order valence-electron chi connectivity index (χ0n) is 20.2. The highest BCUT2D eigenvalue weighted by Crippen LogP contribution is 2.44. The molecule has 180 valence electrons. The van der Waals surface area contributed by atoms with Gasteiger partial charge in [-0.1, -0.05) is 60.1 Å². The maximum atomic E-state index is 9.27. The van der Waals surface area contributed by atoms with Crippen molar-refractivity contribution in [1.29, 1.82) is 5.26 Å². The van der Waals surface area contributed by atoms with Crippen molar-refractivity contribution in [3.05, 3.63) is 112 Å². The molecule has 0 saturated heterocycles. The van der Waals surface area contributed by atoms with Crippen LogP contribution in [0.25, 0.3) is 10.9 Å². The molecule has 0 radical (unpaired) electrons. The SMILES string of the molecule is COc1nc2ccc(C(C)(c3ccc(C#N)cc3)c3c[nH]n3C)cc2c(Cl)c1OCc1ccccc1. The van der Waals surface area contributed by atoms with Gasteiger partial charge in [-0.25, -0.2) is 4.98 Å². The lowest BCUT2D eigenvalue weighted by Crippen LogP contribution is -2.32. The molecule has 0 bridgehead atoms. The number of H-pyrrole nitrogens is 1. The van der Waals surface area contributed by atoms with Gasteiger partial charge in [-0.3, -0.25) is 4.68 Å². The monoisotopic (exact) mass is 496 g/mol. The summed E-state index contributed by atoms with van der Waals surface area (Å²) in [6, 6.07) is 25.8. The number of halogens is 1. The van der Waals surface area contributed by atoms with Gasteiger partial charge in [0, 0.05) is 18.6 Å². The number of nitriles is 1. The van der Waals surface area contributed by atoms with Crippen LogP contribution in [0.5, 0.6) is 11.6 Å². The van der Waals surface area contributed by atoms with E-state index in [0.717, 1.165) is 27.8 Å². The van der Waals surface area contributed by atoms with Crippen molar-refractivity contribution in [2.75, 3.05) is 7.11 Å². The standard InChI is InChI=1S/C29H25ClN4O2/c1-29(25-17-32-34(25)2,21-11-9-19(16-31)10-12-21)22-13-14-24-23(15-22)26(30)27(28(33-24)35-3)36-18-20-7-5-4-6-8-20/h4-15,17,32H,18H2,1-3H3. The van der Waals surface area contributed by atoms with Crippen LogP contribution in [-0.2, 0) is 19.1 Å². The largest absolute Gasteiger partial charge is 0.482 e. The van der Waals surface area contributed by atoms with Crippen molar-refractivity contribution in [2.24, 2.45) is 7.05 Å². The molecule has 36 heavy (non-hydrogen) atoms. The first-order valence-corrected chi connectivity index (χ1v) is 11.9. The van der Waals surface area contributed by atoms with Gasteiger partial charge in [0.25, 0.3) is 5.88 Å². The van der Waals surface area contributed by atoms with E-state index in [1.807, 2.05) is 78.6 Å². The van der Waals surface area contributed by atoms with Crippen molar-refractivity contribution >= 4 is 22.5 Å². The molecule has 0 saturated carbocycles. The number of hydrogen-bond donors (Lipinski definition) is 1. The molecule has 1 N–H and O–H groups in total. The Kier molecular flexibility index (Phi) is 6.17. The summed E-state index contributed by atoms with van der Waals surface area (Å²) in [4.78, 5) is 4.67. The van der Waals surface area contributed by atoms with E-state index in [1.54, 1.807) is 7.11 Å². The molecule has 1 atom stereocenters. The molecule has 0 aliphatic carbocycles. The van der Waals surface area contributed by atoms with Gasteiger partial charge < -0.3 is 14.6 Å². The predicted octanol–water partition coefficient (Wildman–Crippen LogP) is 6.37. The number of hydrogen-bond acceptors (Lipinski definition) is 4. The van der Waals surface area contributed by atoms with E-state index in [1.165, 1.54) is 0 Å². The van der Waals surface area contributed by atoms with E-state index < -0.39 is 5.41 Å². The Labute approximate surface area is 214 Å². The minimum absolute atomic E-state index is 0.343. The Hall–Kier alpha value is -4.21. The normalized spacial score (nSPS) is 12.8. The highest BCUT2D eigenvalue weighted by Gasteiger charge is 2.35. The lowest BCUT2D eigenvalue weighted by molar-refractivity contribution is 0.280. The fourth-order valence-electron chi connectivity index (χ4n) is 4.57. The molecule has 3 aromatic carbocycles. The van der Waals surface area contributed by atoms with Crippen LogP contribution < -0.4 is 9.47 Å². The van der Waals surface area contributed by atoms with Crippen molar-refractivity contribution in [2.45, 2.75) is 18.9 Å². The molecule has 1 unspecified atom stereocenters. The summed E-state index contributed by atoms with van der Waals surface area (Å²) in [5.74, 6) is 0.756. The second kappa shape index (κ2) is 9.44. The minimum Gasteiger partial charge on any atom is -0.482 e. The fourth-order valence-corrected chi connectivity index (χ4v) is 4.86. The highest BCUT2D eigenvalue weighted by atomic mass is 35.5. The van der Waals surface area contributed by atoms with Gasteiger partial charge in [-0.15, -0.1) is 0 Å². The number of ether oxygens (including phenoxy) is 2. The van der Waals surface area contributed by atoms with E-state index in [0.29, 0.717) is 34.3 Å². The van der Waals surface area contributed by atoms with Gasteiger partial charge in [0.05, 0.1) is 40.4 Å². The van der Waals surface area contributed by atoms with Crippen molar-refractivity contribution < 1.29 is 9.47 Å². The van der Waals surface area contributed by atoms with Gasteiger partial charge in [-0.05, 0) is 47.9 Å². The Morgan fingerprint density at radius 3 is 2.39 bits per heavy atom. The molecular formula is C29H25ClN4O2. The fraction of sp³-hybridized carbons (Fsp3) is 0.172. The third-order valence-corrected chi connectivity index (χ3v) is 7.08. The van der Waals surface area contributed by atoms with Crippen LogP contribution in [0, 0.1) is 11.3 Å². The van der Waals surface area contributed by atoms with Crippen LogP contribution in [0.3, 0.4) is 0 Å². The van der Waals surface area contributed by atoms with E-state index in [9.17, 15) is 5.26 Å². The second-order valence-electron chi connectivity index (χ2n) is 8.80. The molecule has 0 fully saturated rings. The molecule has 0 spiro atoms. The first-order chi connectivity index (χ1) is 17.5. The zero-order valence-corrected chi connectivity index (χ0v) is 21.0.